The zero-order valence-electron chi connectivity index (χ0n) is 11.5. The molecule has 1 aromatic carbocycles. The Balaban J connectivity index is 1.79. The highest BCUT2D eigenvalue weighted by Gasteiger charge is 2.16. The van der Waals surface area contributed by atoms with Gasteiger partial charge in [0.05, 0.1) is 6.04 Å². The normalized spacial score (nSPS) is 12.9. The SMILES string of the molecule is CCCc1noc([C@H](N)Cc2c[nH]c3ccccc23)n1. The number of aromatic amines is 1. The maximum Gasteiger partial charge on any atom is 0.243 e. The Kier molecular flexibility index (Phi) is 3.52. The number of benzene rings is 1. The summed E-state index contributed by atoms with van der Waals surface area (Å²) in [4.78, 5) is 7.60. The molecule has 104 valence electrons. The highest BCUT2D eigenvalue weighted by atomic mass is 16.5. The Morgan fingerprint density at radius 2 is 2.20 bits per heavy atom. The molecular weight excluding hydrogens is 252 g/mol. The van der Waals surface area contributed by atoms with Gasteiger partial charge in [-0.15, -0.1) is 0 Å². The lowest BCUT2D eigenvalue weighted by atomic mass is 10.1. The predicted octanol–water partition coefficient (Wildman–Crippen LogP) is 2.75. The topological polar surface area (TPSA) is 80.7 Å². The van der Waals surface area contributed by atoms with Crippen LogP contribution in [0.4, 0.5) is 0 Å². The molecule has 2 heterocycles. The van der Waals surface area contributed by atoms with E-state index in [4.69, 9.17) is 10.3 Å². The molecule has 3 rings (SSSR count). The summed E-state index contributed by atoms with van der Waals surface area (Å²) < 4.78 is 5.24. The number of para-hydroxylation sites is 1. The third-order valence-electron chi connectivity index (χ3n) is 3.39. The molecule has 1 atom stereocenters. The Morgan fingerprint density at radius 1 is 1.35 bits per heavy atom. The molecule has 0 bridgehead atoms. The molecular formula is C15H18N4O. The first kappa shape index (κ1) is 12.9. The van der Waals surface area contributed by atoms with Crippen LogP contribution in [0.25, 0.3) is 10.9 Å². The first-order valence-corrected chi connectivity index (χ1v) is 6.91. The zero-order chi connectivity index (χ0) is 13.9. The van der Waals surface area contributed by atoms with Gasteiger partial charge in [-0.05, 0) is 24.5 Å². The van der Waals surface area contributed by atoms with Crippen LogP contribution in [0.1, 0.15) is 36.7 Å². The van der Waals surface area contributed by atoms with Gasteiger partial charge in [-0.1, -0.05) is 30.3 Å². The Morgan fingerprint density at radius 3 is 3.05 bits per heavy atom. The second kappa shape index (κ2) is 5.46. The number of nitrogens with one attached hydrogen (secondary N) is 1. The molecule has 20 heavy (non-hydrogen) atoms. The van der Waals surface area contributed by atoms with Crippen molar-refractivity contribution in [2.75, 3.05) is 0 Å². The van der Waals surface area contributed by atoms with Crippen molar-refractivity contribution < 1.29 is 4.52 Å². The van der Waals surface area contributed by atoms with E-state index in [0.29, 0.717) is 12.3 Å². The molecule has 3 N–H and O–H groups in total. The fourth-order valence-corrected chi connectivity index (χ4v) is 2.37. The molecule has 0 amide bonds. The number of rotatable bonds is 5. The number of hydrogen-bond donors (Lipinski definition) is 2. The van der Waals surface area contributed by atoms with Gasteiger partial charge in [0, 0.05) is 23.5 Å². The van der Waals surface area contributed by atoms with Crippen LogP contribution in [-0.4, -0.2) is 15.1 Å². The predicted molar refractivity (Wildman–Crippen MR) is 77.2 cm³/mol. The molecule has 0 radical (unpaired) electrons. The third kappa shape index (κ3) is 2.44. The molecule has 0 aliphatic carbocycles. The second-order valence-corrected chi connectivity index (χ2v) is 4.97. The largest absolute Gasteiger partial charge is 0.361 e. The highest BCUT2D eigenvalue weighted by Crippen LogP contribution is 2.22. The van der Waals surface area contributed by atoms with Crippen LogP contribution in [0.2, 0.25) is 0 Å². The average Bonchev–Trinajstić information content (AvgIpc) is 3.07. The summed E-state index contributed by atoms with van der Waals surface area (Å²) >= 11 is 0. The van der Waals surface area contributed by atoms with E-state index in [1.165, 1.54) is 10.9 Å². The Hall–Kier alpha value is -2.14. The number of fused-ring (bicyclic) bond motifs is 1. The van der Waals surface area contributed by atoms with E-state index in [1.807, 2.05) is 18.3 Å². The van der Waals surface area contributed by atoms with Crippen molar-refractivity contribution in [2.45, 2.75) is 32.2 Å². The lowest BCUT2D eigenvalue weighted by Gasteiger charge is -2.05. The number of aromatic nitrogens is 3. The highest BCUT2D eigenvalue weighted by molar-refractivity contribution is 5.83. The van der Waals surface area contributed by atoms with Crippen LogP contribution < -0.4 is 5.73 Å². The molecule has 0 spiro atoms. The van der Waals surface area contributed by atoms with Gasteiger partial charge in [-0.3, -0.25) is 0 Å². The smallest absolute Gasteiger partial charge is 0.243 e. The van der Waals surface area contributed by atoms with Gasteiger partial charge in [-0.25, -0.2) is 0 Å². The maximum absolute atomic E-state index is 6.18. The van der Waals surface area contributed by atoms with E-state index in [2.05, 4.69) is 34.2 Å². The van der Waals surface area contributed by atoms with Gasteiger partial charge in [0.25, 0.3) is 0 Å². The fraction of sp³-hybridized carbons (Fsp3) is 0.333. The second-order valence-electron chi connectivity index (χ2n) is 4.97. The van der Waals surface area contributed by atoms with Crippen LogP contribution >= 0.6 is 0 Å². The Labute approximate surface area is 117 Å². The van der Waals surface area contributed by atoms with E-state index in [9.17, 15) is 0 Å². The van der Waals surface area contributed by atoms with E-state index >= 15 is 0 Å². The molecule has 5 nitrogen and oxygen atoms in total. The van der Waals surface area contributed by atoms with Crippen molar-refractivity contribution in [1.29, 1.82) is 0 Å². The van der Waals surface area contributed by atoms with Crippen LogP contribution in [-0.2, 0) is 12.8 Å². The number of aryl methyl sites for hydroxylation is 1. The summed E-state index contributed by atoms with van der Waals surface area (Å²) in [5, 5.41) is 5.14. The standard InChI is InChI=1S/C15H18N4O/c1-2-5-14-18-15(20-19-14)12(16)8-10-9-17-13-7-4-3-6-11(10)13/h3-4,6-7,9,12,17H,2,5,8,16H2,1H3/t12-/m1/s1. The van der Waals surface area contributed by atoms with E-state index in [-0.39, 0.29) is 6.04 Å². The van der Waals surface area contributed by atoms with E-state index in [1.54, 1.807) is 0 Å². The lowest BCUT2D eigenvalue weighted by Crippen LogP contribution is -2.13. The van der Waals surface area contributed by atoms with Crippen molar-refractivity contribution in [1.82, 2.24) is 15.1 Å². The number of nitrogens with two attached hydrogens (primary N) is 1. The monoisotopic (exact) mass is 270 g/mol. The third-order valence-corrected chi connectivity index (χ3v) is 3.39. The van der Waals surface area contributed by atoms with Crippen molar-refractivity contribution >= 4 is 10.9 Å². The first-order chi connectivity index (χ1) is 9.78. The quantitative estimate of drug-likeness (QED) is 0.747. The van der Waals surface area contributed by atoms with Gasteiger partial charge < -0.3 is 15.2 Å². The van der Waals surface area contributed by atoms with Crippen molar-refractivity contribution in [3.8, 4) is 0 Å². The van der Waals surface area contributed by atoms with Crippen LogP contribution in [0, 0.1) is 0 Å². The molecule has 0 saturated heterocycles. The number of H-pyrrole nitrogens is 1. The summed E-state index contributed by atoms with van der Waals surface area (Å²) in [6, 6.07) is 7.91. The van der Waals surface area contributed by atoms with Gasteiger partial charge >= 0.3 is 0 Å². The number of hydrogen-bond acceptors (Lipinski definition) is 4. The minimum atomic E-state index is -0.271. The molecule has 5 heteroatoms. The average molecular weight is 270 g/mol. The van der Waals surface area contributed by atoms with Crippen molar-refractivity contribution in [2.24, 2.45) is 5.73 Å². The maximum atomic E-state index is 6.18. The summed E-state index contributed by atoms with van der Waals surface area (Å²) in [6.45, 7) is 2.09. The zero-order valence-corrected chi connectivity index (χ0v) is 11.5. The molecule has 0 aliphatic rings. The minimum absolute atomic E-state index is 0.271. The summed E-state index contributed by atoms with van der Waals surface area (Å²) in [5.41, 5.74) is 8.46. The van der Waals surface area contributed by atoms with Gasteiger partial charge in [0.15, 0.2) is 5.82 Å². The van der Waals surface area contributed by atoms with Crippen LogP contribution in [0.5, 0.6) is 0 Å². The molecule has 2 aromatic heterocycles. The van der Waals surface area contributed by atoms with Gasteiger partial charge in [-0.2, -0.15) is 4.98 Å². The van der Waals surface area contributed by atoms with Gasteiger partial charge in [0.1, 0.15) is 0 Å². The van der Waals surface area contributed by atoms with Crippen molar-refractivity contribution in [3.63, 3.8) is 0 Å². The first-order valence-electron chi connectivity index (χ1n) is 6.91. The van der Waals surface area contributed by atoms with E-state index < -0.39 is 0 Å². The molecule has 0 aliphatic heterocycles. The Bertz CT molecular complexity index is 701. The molecule has 0 saturated carbocycles. The summed E-state index contributed by atoms with van der Waals surface area (Å²) in [5.74, 6) is 1.25. The lowest BCUT2D eigenvalue weighted by molar-refractivity contribution is 0.350. The van der Waals surface area contributed by atoms with E-state index in [0.717, 1.165) is 24.2 Å². The van der Waals surface area contributed by atoms with Crippen molar-refractivity contribution in [3.05, 3.63) is 47.7 Å². The van der Waals surface area contributed by atoms with Crippen LogP contribution in [0.3, 0.4) is 0 Å². The van der Waals surface area contributed by atoms with Crippen LogP contribution in [0.15, 0.2) is 35.0 Å². The molecule has 0 unspecified atom stereocenters. The molecule has 0 fully saturated rings. The summed E-state index contributed by atoms with van der Waals surface area (Å²) in [6.07, 6.45) is 4.49. The minimum Gasteiger partial charge on any atom is -0.361 e. The summed E-state index contributed by atoms with van der Waals surface area (Å²) in [7, 11) is 0. The van der Waals surface area contributed by atoms with Gasteiger partial charge in [0.2, 0.25) is 5.89 Å². The number of nitrogens with zero attached hydrogens (tertiary/aromatic N) is 2. The molecule has 3 aromatic rings. The fourth-order valence-electron chi connectivity index (χ4n) is 2.37.